The van der Waals surface area contributed by atoms with Crippen molar-refractivity contribution in [2.75, 3.05) is 6.61 Å². The molecule has 0 saturated heterocycles. The lowest BCUT2D eigenvalue weighted by Gasteiger charge is -2.09. The first kappa shape index (κ1) is 19.0. The van der Waals surface area contributed by atoms with Crippen LogP contribution >= 0.6 is 0 Å². The fourth-order valence-corrected chi connectivity index (χ4v) is 2.09. The number of carbonyl (C=O) groups excluding carboxylic acids is 1. The number of carboxylic acids is 1. The highest BCUT2D eigenvalue weighted by atomic mass is 19.1. The average Bonchev–Trinajstić information content (AvgIpc) is 2.62. The zero-order valence-electron chi connectivity index (χ0n) is 13.5. The molecule has 0 aliphatic carbocycles. The van der Waals surface area contributed by atoms with Crippen LogP contribution in [0.2, 0.25) is 0 Å². The lowest BCUT2D eigenvalue weighted by Crippen LogP contribution is -2.27. The maximum Gasteiger partial charge on any atom is 0.338 e. The largest absolute Gasteiger partial charge is 0.478 e. The van der Waals surface area contributed by atoms with Crippen molar-refractivity contribution in [3.8, 4) is 6.07 Å². The first-order valence-corrected chi connectivity index (χ1v) is 7.46. The Kier molecular flexibility index (Phi) is 6.36. The van der Waals surface area contributed by atoms with Gasteiger partial charge in [-0.1, -0.05) is 12.1 Å². The van der Waals surface area contributed by atoms with Gasteiger partial charge in [-0.25, -0.2) is 13.6 Å². The van der Waals surface area contributed by atoms with E-state index in [1.807, 2.05) is 6.07 Å². The van der Waals surface area contributed by atoms with Crippen molar-refractivity contribution in [1.82, 2.24) is 5.32 Å². The maximum absolute atomic E-state index is 13.9. The molecule has 2 N–H and O–H groups in total. The van der Waals surface area contributed by atoms with Gasteiger partial charge in [0.05, 0.1) is 29.4 Å². The van der Waals surface area contributed by atoms with E-state index in [1.54, 1.807) is 24.3 Å². The van der Waals surface area contributed by atoms with Crippen molar-refractivity contribution in [3.63, 3.8) is 0 Å². The monoisotopic (exact) mass is 360 g/mol. The Morgan fingerprint density at radius 2 is 1.85 bits per heavy atom. The van der Waals surface area contributed by atoms with Crippen LogP contribution in [0.5, 0.6) is 0 Å². The summed E-state index contributed by atoms with van der Waals surface area (Å²) < 4.78 is 32.5. The fourth-order valence-electron chi connectivity index (χ4n) is 2.09. The molecule has 8 heteroatoms. The number of carbonyl (C=O) groups is 2. The molecule has 0 unspecified atom stereocenters. The van der Waals surface area contributed by atoms with E-state index < -0.39 is 47.9 Å². The maximum atomic E-state index is 13.9. The third kappa shape index (κ3) is 4.84. The van der Waals surface area contributed by atoms with Crippen LogP contribution in [-0.2, 0) is 22.7 Å². The predicted octanol–water partition coefficient (Wildman–Crippen LogP) is 2.37. The van der Waals surface area contributed by atoms with Crippen molar-refractivity contribution in [1.29, 1.82) is 5.26 Å². The van der Waals surface area contributed by atoms with E-state index in [1.165, 1.54) is 0 Å². The SMILES string of the molecule is N#Cc1ccc(CNC(=O)COCc2c(F)ccc(C(=O)O)c2F)cc1. The van der Waals surface area contributed by atoms with E-state index in [2.05, 4.69) is 5.32 Å². The number of nitrogens with zero attached hydrogens (tertiary/aromatic N) is 1. The predicted molar refractivity (Wildman–Crippen MR) is 86.0 cm³/mol. The van der Waals surface area contributed by atoms with Gasteiger partial charge in [0.1, 0.15) is 18.2 Å². The number of nitriles is 1. The third-order valence-corrected chi connectivity index (χ3v) is 3.47. The molecule has 0 radical (unpaired) electrons. The minimum atomic E-state index is -1.52. The molecule has 2 aromatic carbocycles. The molecule has 0 aliphatic heterocycles. The second-order valence-corrected chi connectivity index (χ2v) is 5.27. The second kappa shape index (κ2) is 8.69. The zero-order valence-corrected chi connectivity index (χ0v) is 13.5. The number of ether oxygens (including phenoxy) is 1. The lowest BCUT2D eigenvalue weighted by atomic mass is 10.1. The Labute approximate surface area is 147 Å². The standard InChI is InChI=1S/C18H14F2N2O4/c19-15-6-5-13(18(24)25)17(20)14(15)9-26-10-16(23)22-8-12-3-1-11(7-21)2-4-12/h1-6H,8-10H2,(H,22,23)(H,24,25). The molecule has 0 fully saturated rings. The number of rotatable bonds is 7. The Morgan fingerprint density at radius 1 is 1.15 bits per heavy atom. The summed E-state index contributed by atoms with van der Waals surface area (Å²) >= 11 is 0. The molecular weight excluding hydrogens is 346 g/mol. The summed E-state index contributed by atoms with van der Waals surface area (Å²) in [6.07, 6.45) is 0. The molecule has 0 aromatic heterocycles. The molecular formula is C18H14F2N2O4. The molecule has 0 aliphatic rings. The van der Waals surface area contributed by atoms with Crippen LogP contribution in [0, 0.1) is 23.0 Å². The van der Waals surface area contributed by atoms with E-state index in [-0.39, 0.29) is 6.54 Å². The molecule has 0 saturated carbocycles. The van der Waals surface area contributed by atoms with Crippen LogP contribution in [0.25, 0.3) is 0 Å². The minimum Gasteiger partial charge on any atom is -0.478 e. The van der Waals surface area contributed by atoms with Gasteiger partial charge in [0.25, 0.3) is 0 Å². The Hall–Kier alpha value is -3.31. The van der Waals surface area contributed by atoms with Gasteiger partial charge >= 0.3 is 5.97 Å². The van der Waals surface area contributed by atoms with Gasteiger partial charge in [-0.15, -0.1) is 0 Å². The van der Waals surface area contributed by atoms with Crippen LogP contribution in [-0.4, -0.2) is 23.6 Å². The van der Waals surface area contributed by atoms with Gasteiger partial charge in [0.15, 0.2) is 0 Å². The number of aromatic carboxylic acids is 1. The highest BCUT2D eigenvalue weighted by Gasteiger charge is 2.18. The number of benzene rings is 2. The highest BCUT2D eigenvalue weighted by Crippen LogP contribution is 2.18. The Morgan fingerprint density at radius 3 is 2.46 bits per heavy atom. The zero-order chi connectivity index (χ0) is 19.1. The van der Waals surface area contributed by atoms with E-state index in [0.29, 0.717) is 5.56 Å². The van der Waals surface area contributed by atoms with Gasteiger partial charge in [-0.05, 0) is 29.8 Å². The number of nitrogens with one attached hydrogen (secondary N) is 1. The van der Waals surface area contributed by atoms with Crippen LogP contribution < -0.4 is 5.32 Å². The van der Waals surface area contributed by atoms with Crippen LogP contribution in [0.15, 0.2) is 36.4 Å². The summed E-state index contributed by atoms with van der Waals surface area (Å²) in [5.74, 6) is -4.21. The minimum absolute atomic E-state index is 0.200. The highest BCUT2D eigenvalue weighted by molar-refractivity contribution is 5.88. The topological polar surface area (TPSA) is 99.4 Å². The summed E-state index contributed by atoms with van der Waals surface area (Å²) in [7, 11) is 0. The normalized spacial score (nSPS) is 10.2. The van der Waals surface area contributed by atoms with Crippen molar-refractivity contribution >= 4 is 11.9 Å². The van der Waals surface area contributed by atoms with Crippen LogP contribution in [0.3, 0.4) is 0 Å². The van der Waals surface area contributed by atoms with Crippen molar-refractivity contribution in [2.45, 2.75) is 13.2 Å². The van der Waals surface area contributed by atoms with E-state index in [0.717, 1.165) is 17.7 Å². The van der Waals surface area contributed by atoms with E-state index in [4.69, 9.17) is 15.1 Å². The second-order valence-electron chi connectivity index (χ2n) is 5.27. The average molecular weight is 360 g/mol. The van der Waals surface area contributed by atoms with Crippen LogP contribution in [0.4, 0.5) is 8.78 Å². The number of hydrogen-bond acceptors (Lipinski definition) is 4. The molecule has 2 aromatic rings. The molecule has 6 nitrogen and oxygen atoms in total. The fraction of sp³-hybridized carbons (Fsp3) is 0.167. The molecule has 26 heavy (non-hydrogen) atoms. The van der Waals surface area contributed by atoms with Gasteiger partial charge < -0.3 is 15.2 Å². The first-order chi connectivity index (χ1) is 12.4. The number of hydrogen-bond donors (Lipinski definition) is 2. The van der Waals surface area contributed by atoms with E-state index >= 15 is 0 Å². The Balaban J connectivity index is 1.85. The lowest BCUT2D eigenvalue weighted by molar-refractivity contribution is -0.126. The van der Waals surface area contributed by atoms with Crippen LogP contribution in [0.1, 0.15) is 27.0 Å². The molecule has 1 amide bonds. The summed E-state index contributed by atoms with van der Waals surface area (Å²) in [4.78, 5) is 22.5. The van der Waals surface area contributed by atoms with Crippen molar-refractivity contribution < 1.29 is 28.2 Å². The molecule has 2 rings (SSSR count). The smallest absolute Gasteiger partial charge is 0.338 e. The van der Waals surface area contributed by atoms with Gasteiger partial charge in [-0.2, -0.15) is 5.26 Å². The van der Waals surface area contributed by atoms with Gasteiger partial charge in [0.2, 0.25) is 5.91 Å². The summed E-state index contributed by atoms with van der Waals surface area (Å²) in [5, 5.41) is 20.1. The van der Waals surface area contributed by atoms with Crippen molar-refractivity contribution in [2.24, 2.45) is 0 Å². The molecule has 0 atom stereocenters. The number of halogens is 2. The quantitative estimate of drug-likeness (QED) is 0.790. The summed E-state index contributed by atoms with van der Waals surface area (Å²) in [6, 6.07) is 10.2. The summed E-state index contributed by atoms with van der Waals surface area (Å²) in [6.45, 7) is -0.833. The number of amides is 1. The molecule has 0 heterocycles. The molecule has 0 spiro atoms. The summed E-state index contributed by atoms with van der Waals surface area (Å²) in [5.41, 5.74) is 0.0414. The Bertz CT molecular complexity index is 861. The number of carboxylic acid groups (broad SMARTS) is 1. The van der Waals surface area contributed by atoms with Gasteiger partial charge in [0, 0.05) is 6.54 Å². The third-order valence-electron chi connectivity index (χ3n) is 3.47. The van der Waals surface area contributed by atoms with Gasteiger partial charge in [-0.3, -0.25) is 4.79 Å². The van der Waals surface area contributed by atoms with E-state index in [9.17, 15) is 18.4 Å². The molecule has 0 bridgehead atoms. The van der Waals surface area contributed by atoms with Crippen molar-refractivity contribution in [3.05, 3.63) is 70.3 Å². The first-order valence-electron chi connectivity index (χ1n) is 7.46. The molecule has 134 valence electrons.